The smallest absolute Gasteiger partial charge is 0.316 e. The van der Waals surface area contributed by atoms with Gasteiger partial charge in [-0.05, 0) is 37.3 Å². The number of hydrogen-bond donors (Lipinski definition) is 1. The van der Waals surface area contributed by atoms with Gasteiger partial charge in [-0.3, -0.25) is 0 Å². The molecular formula is C16H20N6OS. The van der Waals surface area contributed by atoms with Gasteiger partial charge in [0, 0.05) is 11.9 Å². The van der Waals surface area contributed by atoms with Crippen molar-refractivity contribution < 1.29 is 4.42 Å². The highest BCUT2D eigenvalue weighted by Gasteiger charge is 2.16. The van der Waals surface area contributed by atoms with Crippen molar-refractivity contribution in [1.82, 2.24) is 25.0 Å². The van der Waals surface area contributed by atoms with E-state index in [2.05, 4.69) is 31.8 Å². The molecule has 126 valence electrons. The first-order chi connectivity index (χ1) is 11.8. The van der Waals surface area contributed by atoms with Crippen molar-refractivity contribution in [3.63, 3.8) is 0 Å². The van der Waals surface area contributed by atoms with Crippen LogP contribution in [-0.2, 0) is 26.4 Å². The molecule has 1 aliphatic rings. The SMILES string of the molecule is Cn1cnnc1CNc1nnc(-c2cc3c(s2)CCCCCC3)o1. The van der Waals surface area contributed by atoms with Crippen LogP contribution in [-0.4, -0.2) is 25.0 Å². The summed E-state index contributed by atoms with van der Waals surface area (Å²) in [6.07, 6.45) is 9.23. The van der Waals surface area contributed by atoms with E-state index < -0.39 is 0 Å². The Morgan fingerprint density at radius 1 is 1.17 bits per heavy atom. The van der Waals surface area contributed by atoms with Gasteiger partial charge in [0.05, 0.1) is 11.4 Å². The van der Waals surface area contributed by atoms with Crippen molar-refractivity contribution in [2.24, 2.45) is 7.05 Å². The van der Waals surface area contributed by atoms with E-state index in [1.807, 2.05) is 11.6 Å². The fraction of sp³-hybridized carbons (Fsp3) is 0.500. The Morgan fingerprint density at radius 2 is 2.04 bits per heavy atom. The largest absolute Gasteiger partial charge is 0.403 e. The summed E-state index contributed by atoms with van der Waals surface area (Å²) in [5.74, 6) is 1.40. The van der Waals surface area contributed by atoms with E-state index in [1.165, 1.54) is 42.5 Å². The van der Waals surface area contributed by atoms with Crippen LogP contribution >= 0.6 is 11.3 Å². The average Bonchev–Trinajstić information content (AvgIpc) is 3.26. The van der Waals surface area contributed by atoms with Crippen LogP contribution in [0.4, 0.5) is 6.01 Å². The van der Waals surface area contributed by atoms with Crippen LogP contribution in [0.15, 0.2) is 16.8 Å². The second kappa shape index (κ2) is 6.72. The molecular weight excluding hydrogens is 324 g/mol. The third kappa shape index (κ3) is 3.19. The number of rotatable bonds is 4. The second-order valence-corrected chi connectivity index (χ2v) is 7.23. The Bertz CT molecular complexity index is 795. The van der Waals surface area contributed by atoms with Gasteiger partial charge >= 0.3 is 6.01 Å². The lowest BCUT2D eigenvalue weighted by atomic mass is 10.00. The highest BCUT2D eigenvalue weighted by molar-refractivity contribution is 7.15. The lowest BCUT2D eigenvalue weighted by Gasteiger charge is -2.07. The molecule has 7 nitrogen and oxygen atoms in total. The second-order valence-electron chi connectivity index (χ2n) is 6.10. The van der Waals surface area contributed by atoms with E-state index in [4.69, 9.17) is 4.42 Å². The number of fused-ring (bicyclic) bond motifs is 1. The Kier molecular flexibility index (Phi) is 4.29. The molecule has 0 bridgehead atoms. The topological polar surface area (TPSA) is 81.7 Å². The minimum Gasteiger partial charge on any atom is -0.403 e. The van der Waals surface area contributed by atoms with Crippen LogP contribution < -0.4 is 5.32 Å². The van der Waals surface area contributed by atoms with Crippen molar-refractivity contribution >= 4 is 17.4 Å². The molecule has 0 spiro atoms. The zero-order valence-electron chi connectivity index (χ0n) is 13.7. The summed E-state index contributed by atoms with van der Waals surface area (Å²) < 4.78 is 7.62. The molecule has 0 saturated carbocycles. The van der Waals surface area contributed by atoms with E-state index in [0.717, 1.165) is 17.1 Å². The zero-order valence-corrected chi connectivity index (χ0v) is 14.5. The lowest BCUT2D eigenvalue weighted by molar-refractivity contribution is 0.580. The molecule has 0 unspecified atom stereocenters. The van der Waals surface area contributed by atoms with Gasteiger partial charge in [0.15, 0.2) is 5.82 Å². The maximum atomic E-state index is 5.77. The van der Waals surface area contributed by atoms with Gasteiger partial charge < -0.3 is 14.3 Å². The van der Waals surface area contributed by atoms with Crippen molar-refractivity contribution in [2.45, 2.75) is 45.1 Å². The maximum Gasteiger partial charge on any atom is 0.316 e. The third-order valence-corrected chi connectivity index (χ3v) is 5.56. The number of anilines is 1. The molecule has 0 atom stereocenters. The van der Waals surface area contributed by atoms with Gasteiger partial charge in [0.2, 0.25) is 0 Å². The van der Waals surface area contributed by atoms with Crippen molar-refractivity contribution in [3.8, 4) is 10.8 Å². The fourth-order valence-electron chi connectivity index (χ4n) is 2.97. The molecule has 3 heterocycles. The average molecular weight is 344 g/mol. The quantitative estimate of drug-likeness (QED) is 0.783. The van der Waals surface area contributed by atoms with Gasteiger partial charge in [-0.1, -0.05) is 17.9 Å². The molecule has 1 N–H and O–H groups in total. The summed E-state index contributed by atoms with van der Waals surface area (Å²) in [5.41, 5.74) is 1.46. The minimum atomic E-state index is 0.411. The molecule has 24 heavy (non-hydrogen) atoms. The molecule has 3 aromatic heterocycles. The predicted molar refractivity (Wildman–Crippen MR) is 91.8 cm³/mol. The van der Waals surface area contributed by atoms with Crippen LogP contribution in [0.5, 0.6) is 0 Å². The molecule has 0 aliphatic heterocycles. The Hall–Kier alpha value is -2.22. The molecule has 0 radical (unpaired) electrons. The van der Waals surface area contributed by atoms with Gasteiger partial charge in [-0.2, -0.15) is 0 Å². The normalized spacial score (nSPS) is 14.9. The third-order valence-electron chi connectivity index (χ3n) is 4.34. The van der Waals surface area contributed by atoms with E-state index in [-0.39, 0.29) is 0 Å². The molecule has 3 aromatic rings. The summed E-state index contributed by atoms with van der Waals surface area (Å²) in [5, 5.41) is 19.2. The summed E-state index contributed by atoms with van der Waals surface area (Å²) in [6, 6.07) is 2.64. The first kappa shape index (κ1) is 15.3. The van der Waals surface area contributed by atoms with Crippen molar-refractivity contribution in [2.75, 3.05) is 5.32 Å². The minimum absolute atomic E-state index is 0.411. The number of thiophene rings is 1. The van der Waals surface area contributed by atoms with E-state index in [0.29, 0.717) is 18.5 Å². The highest BCUT2D eigenvalue weighted by atomic mass is 32.1. The summed E-state index contributed by atoms with van der Waals surface area (Å²) in [7, 11) is 1.90. The molecule has 0 aromatic carbocycles. The van der Waals surface area contributed by atoms with E-state index in [1.54, 1.807) is 17.7 Å². The zero-order chi connectivity index (χ0) is 16.4. The highest BCUT2D eigenvalue weighted by Crippen LogP contribution is 2.34. The first-order valence-electron chi connectivity index (χ1n) is 8.32. The molecule has 0 saturated heterocycles. The number of nitrogens with one attached hydrogen (secondary N) is 1. The van der Waals surface area contributed by atoms with Crippen LogP contribution in [0, 0.1) is 0 Å². The molecule has 4 rings (SSSR count). The van der Waals surface area contributed by atoms with Gasteiger partial charge in [-0.15, -0.1) is 26.6 Å². The molecule has 1 aliphatic carbocycles. The van der Waals surface area contributed by atoms with Crippen molar-refractivity contribution in [3.05, 3.63) is 28.7 Å². The molecule has 0 amide bonds. The van der Waals surface area contributed by atoms with Crippen molar-refractivity contribution in [1.29, 1.82) is 0 Å². The Morgan fingerprint density at radius 3 is 2.88 bits per heavy atom. The molecule has 8 heteroatoms. The summed E-state index contributed by atoms with van der Waals surface area (Å²) in [6.45, 7) is 0.499. The van der Waals surface area contributed by atoms with Crippen LogP contribution in [0.25, 0.3) is 10.8 Å². The standard InChI is InChI=1S/C16H20N6OS/c1-22-10-18-19-14(22)9-17-16-21-20-15(23-16)13-8-11-6-4-2-3-5-7-12(11)24-13/h8,10H,2-7,9H2,1H3,(H,17,21). The van der Waals surface area contributed by atoms with Gasteiger partial charge in [0.25, 0.3) is 5.89 Å². The van der Waals surface area contributed by atoms with Crippen LogP contribution in [0.3, 0.4) is 0 Å². The molecule has 0 fully saturated rings. The summed E-state index contributed by atoms with van der Waals surface area (Å²) in [4.78, 5) is 2.55. The summed E-state index contributed by atoms with van der Waals surface area (Å²) >= 11 is 1.79. The Balaban J connectivity index is 1.48. The maximum absolute atomic E-state index is 5.77. The monoisotopic (exact) mass is 344 g/mol. The van der Waals surface area contributed by atoms with E-state index >= 15 is 0 Å². The van der Waals surface area contributed by atoms with Gasteiger partial charge in [-0.25, -0.2) is 0 Å². The van der Waals surface area contributed by atoms with E-state index in [9.17, 15) is 0 Å². The van der Waals surface area contributed by atoms with Crippen LogP contribution in [0.2, 0.25) is 0 Å². The number of aryl methyl sites for hydroxylation is 3. The number of nitrogens with zero attached hydrogens (tertiary/aromatic N) is 5. The van der Waals surface area contributed by atoms with Crippen LogP contribution in [0.1, 0.15) is 41.9 Å². The lowest BCUT2D eigenvalue weighted by Crippen LogP contribution is -2.05. The fourth-order valence-corrected chi connectivity index (χ4v) is 4.14. The number of hydrogen-bond acceptors (Lipinski definition) is 7. The van der Waals surface area contributed by atoms with Gasteiger partial charge in [0.1, 0.15) is 6.33 Å². The Labute approximate surface area is 144 Å². The first-order valence-corrected chi connectivity index (χ1v) is 9.13. The predicted octanol–water partition coefficient (Wildman–Crippen LogP) is 3.20. The number of aromatic nitrogens is 5.